The molecule has 1 aliphatic rings. The number of carbonyl (C=O) groups excluding carboxylic acids is 1. The van der Waals surface area contributed by atoms with Crippen LogP contribution in [0.3, 0.4) is 0 Å². The number of aromatic nitrogens is 1. The second-order valence-electron chi connectivity index (χ2n) is 6.90. The number of anilines is 1. The Hall–Kier alpha value is -2.71. The number of rotatable bonds is 6. The zero-order valence-corrected chi connectivity index (χ0v) is 17.0. The van der Waals surface area contributed by atoms with Crippen LogP contribution in [0.2, 0.25) is 0 Å². The maximum Gasteiger partial charge on any atom is 0.251 e. The summed E-state index contributed by atoms with van der Waals surface area (Å²) in [5.41, 5.74) is 1.08. The first-order valence-electron chi connectivity index (χ1n) is 9.58. The van der Waals surface area contributed by atoms with Gasteiger partial charge in [-0.05, 0) is 36.4 Å². The van der Waals surface area contributed by atoms with Crippen molar-refractivity contribution in [2.45, 2.75) is 0 Å². The van der Waals surface area contributed by atoms with Crippen molar-refractivity contribution in [2.24, 2.45) is 0 Å². The zero-order chi connectivity index (χ0) is 20.2. The highest BCUT2D eigenvalue weighted by Gasteiger charge is 2.20. The van der Waals surface area contributed by atoms with Crippen molar-refractivity contribution < 1.29 is 13.9 Å². The van der Waals surface area contributed by atoms with E-state index in [0.717, 1.165) is 48.3 Å². The number of methoxy groups -OCH3 is 1. The van der Waals surface area contributed by atoms with E-state index in [4.69, 9.17) is 4.74 Å². The van der Waals surface area contributed by atoms with Gasteiger partial charge < -0.3 is 15.0 Å². The Labute approximate surface area is 172 Å². The summed E-state index contributed by atoms with van der Waals surface area (Å²) in [6, 6.07) is 12.1. The zero-order valence-electron chi connectivity index (χ0n) is 16.2. The molecule has 0 aliphatic carbocycles. The number of hydrogen-bond donors (Lipinski definition) is 1. The molecule has 2 aromatic carbocycles. The summed E-state index contributed by atoms with van der Waals surface area (Å²) in [5, 5.41) is 3.84. The summed E-state index contributed by atoms with van der Waals surface area (Å²) in [6.07, 6.45) is 0. The molecule has 0 bridgehead atoms. The van der Waals surface area contributed by atoms with Crippen molar-refractivity contribution in [1.29, 1.82) is 0 Å². The van der Waals surface area contributed by atoms with Gasteiger partial charge in [0, 0.05) is 44.8 Å². The van der Waals surface area contributed by atoms with Crippen molar-refractivity contribution in [3.8, 4) is 5.75 Å². The van der Waals surface area contributed by atoms with Crippen molar-refractivity contribution in [1.82, 2.24) is 15.2 Å². The monoisotopic (exact) mass is 414 g/mol. The predicted octanol–water partition coefficient (Wildman–Crippen LogP) is 3.00. The van der Waals surface area contributed by atoms with Crippen LogP contribution in [0.1, 0.15) is 10.4 Å². The normalized spacial score (nSPS) is 14.9. The Morgan fingerprint density at radius 2 is 1.93 bits per heavy atom. The molecule has 0 unspecified atom stereocenters. The highest BCUT2D eigenvalue weighted by molar-refractivity contribution is 7.22. The summed E-state index contributed by atoms with van der Waals surface area (Å²) >= 11 is 1.53. The fourth-order valence-electron chi connectivity index (χ4n) is 3.37. The summed E-state index contributed by atoms with van der Waals surface area (Å²) in [6.45, 7) is 4.84. The van der Waals surface area contributed by atoms with E-state index in [0.29, 0.717) is 17.6 Å². The first kappa shape index (κ1) is 19.6. The number of hydrogen-bond acceptors (Lipinski definition) is 6. The Morgan fingerprint density at radius 3 is 2.62 bits per heavy atom. The van der Waals surface area contributed by atoms with Gasteiger partial charge in [-0.2, -0.15) is 0 Å². The molecule has 1 fully saturated rings. The molecule has 1 aromatic heterocycles. The predicted molar refractivity (Wildman–Crippen MR) is 114 cm³/mol. The SMILES string of the molecule is COc1ccc(C(=O)NCCN2CCN(c3nc4c(F)cccc4s3)CC2)cc1. The molecule has 0 spiro atoms. The molecule has 29 heavy (non-hydrogen) atoms. The number of piperazine rings is 1. The van der Waals surface area contributed by atoms with Gasteiger partial charge in [-0.25, -0.2) is 9.37 Å². The average molecular weight is 415 g/mol. The van der Waals surface area contributed by atoms with Crippen molar-refractivity contribution in [3.05, 3.63) is 53.8 Å². The number of ether oxygens (including phenoxy) is 1. The molecule has 0 radical (unpaired) electrons. The standard InChI is InChI=1S/C21H23FN4O2S/c1-28-16-7-5-15(6-8-16)20(27)23-9-10-25-11-13-26(14-12-25)21-24-19-17(22)3-2-4-18(19)29-21/h2-8H,9-14H2,1H3,(H,23,27). The van der Waals surface area contributed by atoms with Crippen LogP contribution in [0.4, 0.5) is 9.52 Å². The topological polar surface area (TPSA) is 57.7 Å². The van der Waals surface area contributed by atoms with E-state index < -0.39 is 0 Å². The van der Waals surface area contributed by atoms with Gasteiger partial charge in [-0.15, -0.1) is 0 Å². The third-order valence-electron chi connectivity index (χ3n) is 5.07. The van der Waals surface area contributed by atoms with Gasteiger partial charge in [0.05, 0.1) is 11.8 Å². The maximum atomic E-state index is 13.9. The molecule has 1 saturated heterocycles. The van der Waals surface area contributed by atoms with Crippen LogP contribution in [0.25, 0.3) is 10.2 Å². The van der Waals surface area contributed by atoms with E-state index >= 15 is 0 Å². The second kappa shape index (κ2) is 8.75. The molecule has 3 aromatic rings. The minimum Gasteiger partial charge on any atom is -0.497 e. The minimum absolute atomic E-state index is 0.0807. The van der Waals surface area contributed by atoms with E-state index in [-0.39, 0.29) is 11.7 Å². The summed E-state index contributed by atoms with van der Waals surface area (Å²) < 4.78 is 19.9. The number of para-hydroxylation sites is 1. The number of nitrogens with zero attached hydrogens (tertiary/aromatic N) is 3. The van der Waals surface area contributed by atoms with Gasteiger partial charge in [0.25, 0.3) is 5.91 Å². The lowest BCUT2D eigenvalue weighted by molar-refractivity contribution is 0.0947. The summed E-state index contributed by atoms with van der Waals surface area (Å²) in [4.78, 5) is 21.2. The molecule has 1 aliphatic heterocycles. The van der Waals surface area contributed by atoms with E-state index in [1.54, 1.807) is 37.4 Å². The van der Waals surface area contributed by atoms with Gasteiger partial charge >= 0.3 is 0 Å². The average Bonchev–Trinajstić information content (AvgIpc) is 3.20. The van der Waals surface area contributed by atoms with E-state index in [1.165, 1.54) is 17.4 Å². The number of benzene rings is 2. The summed E-state index contributed by atoms with van der Waals surface area (Å²) in [7, 11) is 1.60. The van der Waals surface area contributed by atoms with Crippen LogP contribution < -0.4 is 15.0 Å². The molecule has 6 nitrogen and oxygen atoms in total. The largest absolute Gasteiger partial charge is 0.497 e. The molecule has 152 valence electrons. The fraction of sp³-hybridized carbons (Fsp3) is 0.333. The highest BCUT2D eigenvalue weighted by Crippen LogP contribution is 2.30. The number of nitrogens with one attached hydrogen (secondary N) is 1. The van der Waals surface area contributed by atoms with E-state index in [1.807, 2.05) is 6.07 Å². The third-order valence-corrected chi connectivity index (χ3v) is 6.15. The van der Waals surface area contributed by atoms with Gasteiger partial charge in [0.2, 0.25) is 0 Å². The third kappa shape index (κ3) is 4.49. The molecule has 0 saturated carbocycles. The minimum atomic E-state index is -0.267. The van der Waals surface area contributed by atoms with Crippen molar-refractivity contribution in [2.75, 3.05) is 51.3 Å². The van der Waals surface area contributed by atoms with E-state index in [9.17, 15) is 9.18 Å². The lowest BCUT2D eigenvalue weighted by Gasteiger charge is -2.34. The summed E-state index contributed by atoms with van der Waals surface area (Å²) in [5.74, 6) is 0.384. The van der Waals surface area contributed by atoms with Gasteiger partial charge in [-0.3, -0.25) is 9.69 Å². The smallest absolute Gasteiger partial charge is 0.251 e. The molecular weight excluding hydrogens is 391 g/mol. The number of carbonyl (C=O) groups is 1. The van der Waals surface area contributed by atoms with Crippen molar-refractivity contribution >= 4 is 32.6 Å². The molecule has 8 heteroatoms. The fourth-order valence-corrected chi connectivity index (χ4v) is 4.40. The Bertz CT molecular complexity index is 984. The van der Waals surface area contributed by atoms with E-state index in [2.05, 4.69) is 20.1 Å². The Balaban J connectivity index is 1.24. The molecule has 0 atom stereocenters. The first-order chi connectivity index (χ1) is 14.1. The lowest BCUT2D eigenvalue weighted by Crippen LogP contribution is -2.48. The Morgan fingerprint density at radius 1 is 1.17 bits per heavy atom. The number of halogens is 1. The van der Waals surface area contributed by atoms with Crippen LogP contribution >= 0.6 is 11.3 Å². The van der Waals surface area contributed by atoms with Crippen molar-refractivity contribution in [3.63, 3.8) is 0 Å². The Kier molecular flexibility index (Phi) is 5.92. The lowest BCUT2D eigenvalue weighted by atomic mass is 10.2. The highest BCUT2D eigenvalue weighted by atomic mass is 32.1. The number of thiazole rings is 1. The second-order valence-corrected chi connectivity index (χ2v) is 7.91. The van der Waals surface area contributed by atoms with Crippen LogP contribution in [0, 0.1) is 5.82 Å². The van der Waals surface area contributed by atoms with Crippen LogP contribution in [0.5, 0.6) is 5.75 Å². The van der Waals surface area contributed by atoms with Gasteiger partial charge in [0.15, 0.2) is 5.13 Å². The quantitative estimate of drug-likeness (QED) is 0.672. The number of amides is 1. The van der Waals surface area contributed by atoms with Gasteiger partial charge in [0.1, 0.15) is 17.1 Å². The van der Waals surface area contributed by atoms with Crippen LogP contribution in [0.15, 0.2) is 42.5 Å². The van der Waals surface area contributed by atoms with Crippen LogP contribution in [-0.4, -0.2) is 62.2 Å². The first-order valence-corrected chi connectivity index (χ1v) is 10.4. The van der Waals surface area contributed by atoms with Gasteiger partial charge in [-0.1, -0.05) is 17.4 Å². The molecular formula is C21H23FN4O2S. The molecule has 2 heterocycles. The molecule has 1 N–H and O–H groups in total. The molecule has 4 rings (SSSR count). The maximum absolute atomic E-state index is 13.9. The van der Waals surface area contributed by atoms with Crippen LogP contribution in [-0.2, 0) is 0 Å². The molecule has 1 amide bonds. The number of fused-ring (bicyclic) bond motifs is 1.